The molecule has 0 radical (unpaired) electrons. The maximum Gasteiger partial charge on any atom is 0.251 e. The van der Waals surface area contributed by atoms with Crippen molar-refractivity contribution < 1.29 is 14.3 Å². The molecule has 1 aromatic rings. The van der Waals surface area contributed by atoms with Crippen LogP contribution in [0.2, 0.25) is 0 Å². The van der Waals surface area contributed by atoms with Gasteiger partial charge in [-0.15, -0.1) is 0 Å². The fourth-order valence-corrected chi connectivity index (χ4v) is 1.71. The first kappa shape index (κ1) is 11.6. The van der Waals surface area contributed by atoms with Crippen LogP contribution in [0.1, 0.15) is 29.8 Å². The molecule has 17 heavy (non-hydrogen) atoms. The molecule has 1 heterocycles. The number of rotatable bonds is 3. The number of amides is 1. The molecule has 1 N–H and O–H groups in total. The van der Waals surface area contributed by atoms with Gasteiger partial charge in [-0.2, -0.15) is 0 Å². The van der Waals surface area contributed by atoms with Gasteiger partial charge in [-0.1, -0.05) is 0 Å². The number of ketones is 1. The van der Waals surface area contributed by atoms with Gasteiger partial charge in [-0.25, -0.2) is 0 Å². The molecule has 1 atom stereocenters. The van der Waals surface area contributed by atoms with Crippen molar-refractivity contribution in [1.82, 2.24) is 5.32 Å². The Labute approximate surface area is 100.0 Å². The molecule has 1 aliphatic heterocycles. The van der Waals surface area contributed by atoms with Crippen molar-refractivity contribution in [3.05, 3.63) is 29.3 Å². The number of carbonyl (C=O) groups is 2. The quantitative estimate of drug-likeness (QED) is 0.856. The average Bonchev–Trinajstić information content (AvgIpc) is 2.75. The second-order valence-electron chi connectivity index (χ2n) is 4.23. The molecule has 0 fully saturated rings. The third-order valence-electron chi connectivity index (χ3n) is 2.91. The van der Waals surface area contributed by atoms with Gasteiger partial charge in [-0.3, -0.25) is 9.59 Å². The van der Waals surface area contributed by atoms with E-state index in [9.17, 15) is 9.59 Å². The summed E-state index contributed by atoms with van der Waals surface area (Å²) in [5.41, 5.74) is 1.62. The molecule has 0 spiro atoms. The SMILES string of the molecule is CC(=O)C(C)NC(=O)c1ccc2c(c1)CCO2. The monoisotopic (exact) mass is 233 g/mol. The van der Waals surface area contributed by atoms with Crippen molar-refractivity contribution in [1.29, 1.82) is 0 Å². The van der Waals surface area contributed by atoms with E-state index in [0.717, 1.165) is 17.7 Å². The number of nitrogens with one attached hydrogen (secondary N) is 1. The highest BCUT2D eigenvalue weighted by Gasteiger charge is 2.17. The van der Waals surface area contributed by atoms with E-state index in [-0.39, 0.29) is 11.7 Å². The third-order valence-corrected chi connectivity index (χ3v) is 2.91. The average molecular weight is 233 g/mol. The Balaban J connectivity index is 2.12. The Morgan fingerprint density at radius 3 is 2.88 bits per heavy atom. The topological polar surface area (TPSA) is 55.4 Å². The molecule has 4 nitrogen and oxygen atoms in total. The zero-order valence-electron chi connectivity index (χ0n) is 9.95. The van der Waals surface area contributed by atoms with Crippen molar-refractivity contribution in [3.63, 3.8) is 0 Å². The Morgan fingerprint density at radius 1 is 1.41 bits per heavy atom. The first-order chi connectivity index (χ1) is 8.08. The molecule has 4 heteroatoms. The summed E-state index contributed by atoms with van der Waals surface area (Å²) in [5.74, 6) is 0.575. The second kappa shape index (κ2) is 4.57. The first-order valence-corrected chi connectivity index (χ1v) is 5.65. The van der Waals surface area contributed by atoms with Crippen LogP contribution < -0.4 is 10.1 Å². The fourth-order valence-electron chi connectivity index (χ4n) is 1.71. The number of Topliss-reactive ketones (excluding diaryl/α,β-unsaturated/α-hetero) is 1. The van der Waals surface area contributed by atoms with Crippen LogP contribution in [0.3, 0.4) is 0 Å². The largest absolute Gasteiger partial charge is 0.493 e. The number of ether oxygens (including phenoxy) is 1. The highest BCUT2D eigenvalue weighted by atomic mass is 16.5. The molecule has 0 bridgehead atoms. The van der Waals surface area contributed by atoms with E-state index in [2.05, 4.69) is 5.32 Å². The zero-order chi connectivity index (χ0) is 12.4. The predicted octanol–water partition coefficient (Wildman–Crippen LogP) is 1.33. The van der Waals surface area contributed by atoms with Crippen LogP contribution in [0.15, 0.2) is 18.2 Å². The van der Waals surface area contributed by atoms with Gasteiger partial charge in [0.2, 0.25) is 0 Å². The summed E-state index contributed by atoms with van der Waals surface area (Å²) < 4.78 is 5.37. The Morgan fingerprint density at radius 2 is 2.18 bits per heavy atom. The van der Waals surface area contributed by atoms with Crippen LogP contribution in [-0.2, 0) is 11.2 Å². The summed E-state index contributed by atoms with van der Waals surface area (Å²) in [6, 6.07) is 4.89. The molecule has 1 aliphatic rings. The van der Waals surface area contributed by atoms with Crippen LogP contribution >= 0.6 is 0 Å². The van der Waals surface area contributed by atoms with Crippen LogP contribution in [0.5, 0.6) is 5.75 Å². The van der Waals surface area contributed by atoms with Gasteiger partial charge in [0, 0.05) is 12.0 Å². The number of hydrogen-bond donors (Lipinski definition) is 1. The smallest absolute Gasteiger partial charge is 0.251 e. The summed E-state index contributed by atoms with van der Waals surface area (Å²) in [4.78, 5) is 22.9. The highest BCUT2D eigenvalue weighted by molar-refractivity contribution is 5.97. The van der Waals surface area contributed by atoms with Crippen molar-refractivity contribution >= 4 is 11.7 Å². The first-order valence-electron chi connectivity index (χ1n) is 5.65. The molecule has 1 unspecified atom stereocenters. The second-order valence-corrected chi connectivity index (χ2v) is 4.23. The minimum atomic E-state index is -0.452. The molecule has 0 aromatic heterocycles. The maximum atomic E-state index is 11.9. The van der Waals surface area contributed by atoms with E-state index in [1.165, 1.54) is 6.92 Å². The van der Waals surface area contributed by atoms with Crippen LogP contribution in [0.25, 0.3) is 0 Å². The van der Waals surface area contributed by atoms with Crippen molar-refractivity contribution in [3.8, 4) is 5.75 Å². The normalized spacial score (nSPS) is 14.7. The third kappa shape index (κ3) is 2.46. The molecule has 0 saturated carbocycles. The van der Waals surface area contributed by atoms with Crippen molar-refractivity contribution in [2.45, 2.75) is 26.3 Å². The molecule has 0 saturated heterocycles. The minimum absolute atomic E-state index is 0.0529. The Kier molecular flexibility index (Phi) is 3.13. The Hall–Kier alpha value is -1.84. The Bertz CT molecular complexity index is 468. The van der Waals surface area contributed by atoms with Crippen molar-refractivity contribution in [2.24, 2.45) is 0 Å². The van der Waals surface area contributed by atoms with Gasteiger partial charge in [-0.05, 0) is 37.6 Å². The van der Waals surface area contributed by atoms with E-state index >= 15 is 0 Å². The van der Waals surface area contributed by atoms with E-state index in [1.54, 1.807) is 19.1 Å². The molecular formula is C13H15NO3. The fraction of sp³-hybridized carbons (Fsp3) is 0.385. The number of fused-ring (bicyclic) bond motifs is 1. The summed E-state index contributed by atoms with van der Waals surface area (Å²) in [6.07, 6.45) is 0.832. The minimum Gasteiger partial charge on any atom is -0.493 e. The van der Waals surface area contributed by atoms with Crippen LogP contribution in [-0.4, -0.2) is 24.3 Å². The predicted molar refractivity (Wildman–Crippen MR) is 63.3 cm³/mol. The van der Waals surface area contributed by atoms with E-state index in [4.69, 9.17) is 4.74 Å². The van der Waals surface area contributed by atoms with Gasteiger partial charge in [0.05, 0.1) is 12.6 Å². The number of hydrogen-bond acceptors (Lipinski definition) is 3. The van der Waals surface area contributed by atoms with Crippen LogP contribution in [0, 0.1) is 0 Å². The van der Waals surface area contributed by atoms with Gasteiger partial charge >= 0.3 is 0 Å². The molecular weight excluding hydrogens is 218 g/mol. The lowest BCUT2D eigenvalue weighted by molar-refractivity contribution is -0.118. The van der Waals surface area contributed by atoms with Gasteiger partial charge in [0.25, 0.3) is 5.91 Å². The molecule has 1 aromatic carbocycles. The summed E-state index contributed by atoms with van der Waals surface area (Å²) >= 11 is 0. The summed E-state index contributed by atoms with van der Waals surface area (Å²) in [7, 11) is 0. The number of carbonyl (C=O) groups excluding carboxylic acids is 2. The maximum absolute atomic E-state index is 11.9. The van der Waals surface area contributed by atoms with E-state index in [0.29, 0.717) is 12.2 Å². The van der Waals surface area contributed by atoms with E-state index < -0.39 is 6.04 Å². The lowest BCUT2D eigenvalue weighted by Crippen LogP contribution is -2.37. The zero-order valence-corrected chi connectivity index (χ0v) is 9.95. The molecule has 0 aliphatic carbocycles. The number of benzene rings is 1. The van der Waals surface area contributed by atoms with Crippen molar-refractivity contribution in [2.75, 3.05) is 6.61 Å². The van der Waals surface area contributed by atoms with Gasteiger partial charge in [0.15, 0.2) is 5.78 Å². The van der Waals surface area contributed by atoms with E-state index in [1.807, 2.05) is 6.07 Å². The lowest BCUT2D eigenvalue weighted by Gasteiger charge is -2.10. The summed E-state index contributed by atoms with van der Waals surface area (Å²) in [6.45, 7) is 3.81. The van der Waals surface area contributed by atoms with Gasteiger partial charge < -0.3 is 10.1 Å². The summed E-state index contributed by atoms with van der Waals surface area (Å²) in [5, 5.41) is 2.66. The molecule has 2 rings (SSSR count). The van der Waals surface area contributed by atoms with Gasteiger partial charge in [0.1, 0.15) is 5.75 Å². The molecule has 1 amide bonds. The van der Waals surface area contributed by atoms with Crippen LogP contribution in [0.4, 0.5) is 0 Å². The lowest BCUT2D eigenvalue weighted by atomic mass is 10.1. The standard InChI is InChI=1S/C13H15NO3/c1-8(9(2)15)14-13(16)11-3-4-12-10(7-11)5-6-17-12/h3-4,7-8H,5-6H2,1-2H3,(H,14,16). The highest BCUT2D eigenvalue weighted by Crippen LogP contribution is 2.25. The molecule has 90 valence electrons.